The molecule has 2 rings (SSSR count). The highest BCUT2D eigenvalue weighted by Gasteiger charge is 2.25. The molecule has 0 atom stereocenters. The van der Waals surface area contributed by atoms with Gasteiger partial charge in [-0.1, -0.05) is 19.4 Å². The molecule has 1 saturated heterocycles. The van der Waals surface area contributed by atoms with Crippen LogP contribution in [0.3, 0.4) is 0 Å². The van der Waals surface area contributed by atoms with E-state index < -0.39 is 0 Å². The van der Waals surface area contributed by atoms with Crippen molar-refractivity contribution in [2.45, 2.75) is 38.6 Å². The van der Waals surface area contributed by atoms with Crippen molar-refractivity contribution in [2.24, 2.45) is 0 Å². The van der Waals surface area contributed by atoms with Crippen LogP contribution in [0.5, 0.6) is 0 Å². The van der Waals surface area contributed by atoms with Crippen molar-refractivity contribution in [3.63, 3.8) is 0 Å². The van der Waals surface area contributed by atoms with Crippen LogP contribution in [0, 0.1) is 0 Å². The Balaban J connectivity index is 1.79. The monoisotopic (exact) mass is 290 g/mol. The first-order valence-electron chi connectivity index (χ1n) is 7.89. The van der Waals surface area contributed by atoms with Gasteiger partial charge in [-0.2, -0.15) is 0 Å². The van der Waals surface area contributed by atoms with Crippen LogP contribution in [0.4, 0.5) is 10.6 Å². The molecule has 116 valence electrons. The van der Waals surface area contributed by atoms with Crippen LogP contribution in [0.15, 0.2) is 24.4 Å². The minimum Gasteiger partial charge on any atom is -0.356 e. The number of carbonyl (C=O) groups is 1. The summed E-state index contributed by atoms with van der Waals surface area (Å²) in [6.45, 7) is 4.80. The third-order valence-corrected chi connectivity index (χ3v) is 4.11. The summed E-state index contributed by atoms with van der Waals surface area (Å²) in [6, 6.07) is 6.37. The molecule has 21 heavy (non-hydrogen) atoms. The molecule has 0 saturated carbocycles. The average Bonchev–Trinajstić information content (AvgIpc) is 2.55. The number of rotatable bonds is 5. The van der Waals surface area contributed by atoms with Gasteiger partial charge in [0.05, 0.1) is 0 Å². The van der Waals surface area contributed by atoms with Crippen LogP contribution in [0.25, 0.3) is 0 Å². The lowest BCUT2D eigenvalue weighted by Crippen LogP contribution is -2.49. The molecule has 0 aliphatic carbocycles. The van der Waals surface area contributed by atoms with E-state index in [4.69, 9.17) is 0 Å². The molecular weight excluding hydrogens is 264 g/mol. The fraction of sp³-hybridized carbons (Fsp3) is 0.625. The van der Waals surface area contributed by atoms with Gasteiger partial charge in [0.15, 0.2) is 0 Å². The number of nitrogens with one attached hydrogen (secondary N) is 1. The molecule has 2 heterocycles. The number of piperidine rings is 1. The van der Waals surface area contributed by atoms with Crippen LogP contribution in [0.2, 0.25) is 0 Å². The molecule has 0 radical (unpaired) electrons. The van der Waals surface area contributed by atoms with Crippen molar-refractivity contribution in [3.05, 3.63) is 24.4 Å². The van der Waals surface area contributed by atoms with E-state index in [1.807, 2.05) is 36.3 Å². The third kappa shape index (κ3) is 4.34. The Hall–Kier alpha value is -1.78. The second-order valence-corrected chi connectivity index (χ2v) is 5.60. The Bertz CT molecular complexity index is 429. The number of nitrogens with zero attached hydrogens (tertiary/aromatic N) is 3. The molecule has 0 spiro atoms. The second-order valence-electron chi connectivity index (χ2n) is 5.60. The van der Waals surface area contributed by atoms with E-state index in [-0.39, 0.29) is 6.03 Å². The maximum Gasteiger partial charge on any atom is 0.317 e. The summed E-state index contributed by atoms with van der Waals surface area (Å²) >= 11 is 0. The van der Waals surface area contributed by atoms with Gasteiger partial charge in [-0.3, -0.25) is 0 Å². The van der Waals surface area contributed by atoms with E-state index in [1.54, 1.807) is 0 Å². The summed E-state index contributed by atoms with van der Waals surface area (Å²) in [6.07, 6.45) is 5.96. The Morgan fingerprint density at radius 3 is 2.81 bits per heavy atom. The number of aromatic nitrogens is 1. The number of hydrogen-bond donors (Lipinski definition) is 1. The van der Waals surface area contributed by atoms with E-state index in [1.165, 1.54) is 0 Å². The summed E-state index contributed by atoms with van der Waals surface area (Å²) in [5, 5.41) is 2.98. The molecule has 5 nitrogen and oxygen atoms in total. The number of hydrogen-bond acceptors (Lipinski definition) is 3. The predicted molar refractivity (Wildman–Crippen MR) is 85.5 cm³/mol. The van der Waals surface area contributed by atoms with Gasteiger partial charge in [0.2, 0.25) is 0 Å². The van der Waals surface area contributed by atoms with E-state index >= 15 is 0 Å². The van der Waals surface area contributed by atoms with Gasteiger partial charge in [-0.25, -0.2) is 9.78 Å². The summed E-state index contributed by atoms with van der Waals surface area (Å²) in [5.41, 5.74) is 0. The van der Waals surface area contributed by atoms with Gasteiger partial charge in [-0.15, -0.1) is 0 Å². The van der Waals surface area contributed by atoms with Crippen molar-refractivity contribution in [1.29, 1.82) is 0 Å². The highest BCUT2D eigenvalue weighted by atomic mass is 16.2. The van der Waals surface area contributed by atoms with Crippen LogP contribution in [-0.4, -0.2) is 48.6 Å². The Kier molecular flexibility index (Phi) is 5.84. The molecule has 5 heteroatoms. The maximum absolute atomic E-state index is 12.1. The summed E-state index contributed by atoms with van der Waals surface area (Å²) in [7, 11) is 1.91. The van der Waals surface area contributed by atoms with E-state index in [0.717, 1.165) is 51.1 Å². The van der Waals surface area contributed by atoms with Gasteiger partial charge >= 0.3 is 6.03 Å². The quantitative estimate of drug-likeness (QED) is 0.848. The number of anilines is 1. The van der Waals surface area contributed by atoms with Gasteiger partial charge in [0.1, 0.15) is 5.82 Å². The van der Waals surface area contributed by atoms with Crippen molar-refractivity contribution in [1.82, 2.24) is 15.2 Å². The van der Waals surface area contributed by atoms with Crippen molar-refractivity contribution >= 4 is 11.8 Å². The zero-order chi connectivity index (χ0) is 15.1. The zero-order valence-corrected chi connectivity index (χ0v) is 13.1. The van der Waals surface area contributed by atoms with Crippen molar-refractivity contribution in [3.8, 4) is 0 Å². The largest absolute Gasteiger partial charge is 0.356 e. The standard InChI is InChI=1S/C16H26N4O/c1-3-4-10-18-16(21)19(2)14-8-12-20(13-9-14)15-7-5-6-11-17-15/h5-7,11,14H,3-4,8-10,12-13H2,1-2H3,(H,18,21). The van der Waals surface area contributed by atoms with Crippen LogP contribution in [-0.2, 0) is 0 Å². The van der Waals surface area contributed by atoms with E-state index in [2.05, 4.69) is 22.1 Å². The number of urea groups is 1. The van der Waals surface area contributed by atoms with Crippen LogP contribution < -0.4 is 10.2 Å². The number of amides is 2. The SMILES string of the molecule is CCCCNC(=O)N(C)C1CCN(c2ccccn2)CC1. The molecule has 0 unspecified atom stereocenters. The molecule has 1 N–H and O–H groups in total. The van der Waals surface area contributed by atoms with Crippen LogP contribution in [0.1, 0.15) is 32.6 Å². The number of carbonyl (C=O) groups excluding carboxylic acids is 1. The fourth-order valence-corrected chi connectivity index (χ4v) is 2.69. The zero-order valence-electron chi connectivity index (χ0n) is 13.1. The summed E-state index contributed by atoms with van der Waals surface area (Å²) in [5.74, 6) is 1.03. The van der Waals surface area contributed by atoms with Crippen molar-refractivity contribution < 1.29 is 4.79 Å². The lowest BCUT2D eigenvalue weighted by molar-refractivity contribution is 0.179. The fourth-order valence-electron chi connectivity index (χ4n) is 2.69. The molecule has 1 aromatic rings. The normalized spacial score (nSPS) is 15.8. The van der Waals surface area contributed by atoms with E-state index in [0.29, 0.717) is 6.04 Å². The van der Waals surface area contributed by atoms with Gasteiger partial charge in [0.25, 0.3) is 0 Å². The summed E-state index contributed by atoms with van der Waals surface area (Å²) < 4.78 is 0. The molecule has 0 bridgehead atoms. The minimum atomic E-state index is 0.0553. The Morgan fingerprint density at radius 1 is 1.43 bits per heavy atom. The molecule has 1 aromatic heterocycles. The van der Waals surface area contributed by atoms with Gasteiger partial charge in [0, 0.05) is 38.9 Å². The molecule has 1 aliphatic heterocycles. The molecule has 1 aliphatic rings. The molecule has 1 fully saturated rings. The second kappa shape index (κ2) is 7.86. The highest BCUT2D eigenvalue weighted by Crippen LogP contribution is 2.20. The summed E-state index contributed by atoms with van der Waals surface area (Å²) in [4.78, 5) is 20.6. The van der Waals surface area contributed by atoms with Crippen LogP contribution >= 0.6 is 0 Å². The highest BCUT2D eigenvalue weighted by molar-refractivity contribution is 5.74. The first-order chi connectivity index (χ1) is 10.2. The number of unbranched alkanes of at least 4 members (excludes halogenated alkanes) is 1. The predicted octanol–water partition coefficient (Wildman–Crippen LogP) is 2.49. The first kappa shape index (κ1) is 15.6. The van der Waals surface area contributed by atoms with Gasteiger partial charge in [-0.05, 0) is 31.4 Å². The van der Waals surface area contributed by atoms with Crippen molar-refractivity contribution in [2.75, 3.05) is 31.6 Å². The Labute approximate surface area is 127 Å². The van der Waals surface area contributed by atoms with E-state index in [9.17, 15) is 4.79 Å². The third-order valence-electron chi connectivity index (χ3n) is 4.11. The molecule has 0 aromatic carbocycles. The first-order valence-corrected chi connectivity index (χ1v) is 7.89. The smallest absolute Gasteiger partial charge is 0.317 e. The molecular formula is C16H26N4O. The van der Waals surface area contributed by atoms with Gasteiger partial charge < -0.3 is 15.1 Å². The average molecular weight is 290 g/mol. The maximum atomic E-state index is 12.1. The topological polar surface area (TPSA) is 48.5 Å². The lowest BCUT2D eigenvalue weighted by atomic mass is 10.0. The molecule has 2 amide bonds. The Morgan fingerprint density at radius 2 is 2.19 bits per heavy atom. The lowest BCUT2D eigenvalue weighted by Gasteiger charge is -2.37. The number of pyridine rings is 1. The minimum absolute atomic E-state index is 0.0553.